The number of hydrogen-bond donors (Lipinski definition) is 10. The summed E-state index contributed by atoms with van der Waals surface area (Å²) in [5, 5.41) is 42.2. The minimum Gasteiger partial charge on any atom is -0.508 e. The third-order valence-corrected chi connectivity index (χ3v) is 13.4. The van der Waals surface area contributed by atoms with E-state index in [1.54, 1.807) is 65.0 Å². The molecule has 10 N–H and O–H groups in total. The molecule has 0 radical (unpaired) electrons. The second-order valence-corrected chi connectivity index (χ2v) is 20.4. The number of benzene rings is 2. The van der Waals surface area contributed by atoms with Crippen molar-refractivity contribution >= 4 is 65.1 Å². The van der Waals surface area contributed by atoms with Gasteiger partial charge in [0.2, 0.25) is 53.2 Å². The number of rotatable bonds is 20. The summed E-state index contributed by atoms with van der Waals surface area (Å²) >= 11 is 0. The van der Waals surface area contributed by atoms with Crippen LogP contribution in [-0.2, 0) is 75.1 Å². The fourth-order valence-electron chi connectivity index (χ4n) is 8.94. The highest BCUT2D eigenvalue weighted by Gasteiger charge is 2.45. The largest absolute Gasteiger partial charge is 0.508 e. The first kappa shape index (κ1) is 63.9. The van der Waals surface area contributed by atoms with E-state index >= 15 is 0 Å². The second-order valence-electron chi connectivity index (χ2n) is 20.4. The van der Waals surface area contributed by atoms with Crippen LogP contribution in [0.15, 0.2) is 54.6 Å². The minimum atomic E-state index is -1.92. The van der Waals surface area contributed by atoms with Crippen molar-refractivity contribution in [1.29, 1.82) is 0 Å². The topological polar surface area (TPSA) is 346 Å². The third-order valence-electron chi connectivity index (χ3n) is 13.4. The fourth-order valence-corrected chi connectivity index (χ4v) is 8.94. The molecule has 79 heavy (non-hydrogen) atoms. The Balaban J connectivity index is 1.84. The number of piperidine rings is 1. The summed E-state index contributed by atoms with van der Waals surface area (Å²) in [6.45, 7) is 13.6. The van der Waals surface area contributed by atoms with Gasteiger partial charge in [-0.25, -0.2) is 9.59 Å². The Morgan fingerprint density at radius 3 is 1.86 bits per heavy atom. The van der Waals surface area contributed by atoms with E-state index in [4.69, 9.17) is 9.47 Å². The van der Waals surface area contributed by atoms with Gasteiger partial charge in [-0.2, -0.15) is 0 Å². The molecule has 2 aromatic rings. The lowest BCUT2D eigenvalue weighted by atomic mass is 9.95. The van der Waals surface area contributed by atoms with E-state index in [9.17, 15) is 63.0 Å². The molecule has 2 aliphatic heterocycles. The number of phenols is 1. The summed E-state index contributed by atoms with van der Waals surface area (Å²) in [7, 11) is 0. The van der Waals surface area contributed by atoms with E-state index in [2.05, 4.69) is 42.5 Å². The average Bonchev–Trinajstić information content (AvgIpc) is 3.39. The number of amides is 9. The number of phenolic OH excluding ortho intramolecular Hbond substituents is 1. The first-order valence-corrected chi connectivity index (χ1v) is 27.0. The molecule has 24 nitrogen and oxygen atoms in total. The van der Waals surface area contributed by atoms with E-state index in [0.717, 1.165) is 4.90 Å². The Morgan fingerprint density at radius 2 is 1.27 bits per heavy atom. The molecule has 2 aromatic carbocycles. The lowest BCUT2D eigenvalue weighted by molar-refractivity contribution is -0.161. The van der Waals surface area contributed by atoms with Crippen LogP contribution in [0.2, 0.25) is 0 Å². The molecular weight excluding hydrogens is 1030 g/mol. The van der Waals surface area contributed by atoms with Gasteiger partial charge in [0.05, 0.1) is 0 Å². The number of carbonyl (C=O) groups excluding carboxylic acids is 11. The van der Waals surface area contributed by atoms with Crippen LogP contribution in [0.25, 0.3) is 0 Å². The van der Waals surface area contributed by atoms with Crippen molar-refractivity contribution < 1.29 is 72.4 Å². The molecule has 9 amide bonds. The Labute approximate surface area is 460 Å². The number of aromatic hydroxyl groups is 1. The predicted molar refractivity (Wildman–Crippen MR) is 285 cm³/mol. The number of aliphatic hydroxyl groups excluding tert-OH is 1. The Kier molecular flexibility index (Phi) is 24.7. The SMILES string of the molecule is CCCC(=O)NC(C)C(=O)NC(C(=O)NC1C(=O)NC(CCC)C(=O)NC2CCC(O)N(C2=O)C(Cc2ccccc2)C(=O)NC(Cc2ccc(O)cc2)C(=O)NC(C(C)C)C(=O)OC1C)C(C)OC(=O)C(C)NC(=O)CCC. The van der Waals surface area contributed by atoms with Crippen LogP contribution in [0.3, 0.4) is 0 Å². The first-order valence-electron chi connectivity index (χ1n) is 27.0. The number of carbonyl (C=O) groups is 11. The summed E-state index contributed by atoms with van der Waals surface area (Å²) in [6.07, 6.45) is -3.94. The van der Waals surface area contributed by atoms with Gasteiger partial charge in [0, 0.05) is 25.7 Å². The quantitative estimate of drug-likeness (QED) is 0.0800. The molecule has 0 aliphatic carbocycles. The van der Waals surface area contributed by atoms with E-state index < -0.39 is 144 Å². The van der Waals surface area contributed by atoms with Crippen LogP contribution in [0, 0.1) is 5.92 Å². The Morgan fingerprint density at radius 1 is 0.684 bits per heavy atom. The highest BCUT2D eigenvalue weighted by molar-refractivity contribution is 5.99. The zero-order chi connectivity index (χ0) is 58.7. The smallest absolute Gasteiger partial charge is 0.329 e. The third kappa shape index (κ3) is 18.8. The zero-order valence-corrected chi connectivity index (χ0v) is 46.4. The highest BCUT2D eigenvalue weighted by atomic mass is 16.6. The van der Waals surface area contributed by atoms with Crippen molar-refractivity contribution in [2.45, 2.75) is 199 Å². The first-order chi connectivity index (χ1) is 37.4. The Bertz CT molecular complexity index is 2480. The van der Waals surface area contributed by atoms with Crippen molar-refractivity contribution in [2.24, 2.45) is 5.92 Å². The summed E-state index contributed by atoms with van der Waals surface area (Å²) < 4.78 is 11.5. The van der Waals surface area contributed by atoms with Gasteiger partial charge in [0.25, 0.3) is 0 Å². The van der Waals surface area contributed by atoms with E-state index in [0.29, 0.717) is 24.0 Å². The van der Waals surface area contributed by atoms with Gasteiger partial charge in [0.15, 0.2) is 0 Å². The molecule has 2 fully saturated rings. The van der Waals surface area contributed by atoms with Crippen molar-refractivity contribution in [3.63, 3.8) is 0 Å². The van der Waals surface area contributed by atoms with E-state index in [1.165, 1.54) is 52.0 Å². The number of nitrogens with zero attached hydrogens (tertiary/aromatic N) is 1. The van der Waals surface area contributed by atoms with Gasteiger partial charge < -0.3 is 67.1 Å². The minimum absolute atomic E-state index is 0.0388. The maximum absolute atomic E-state index is 14.7. The molecule has 4 rings (SSSR count). The lowest BCUT2D eigenvalue weighted by Gasteiger charge is -2.41. The molecule has 12 unspecified atom stereocenters. The molecular formula is C55H79N9O15. The molecule has 2 bridgehead atoms. The van der Waals surface area contributed by atoms with Gasteiger partial charge in [-0.3, -0.25) is 43.2 Å². The van der Waals surface area contributed by atoms with E-state index in [1.807, 2.05) is 0 Å². The van der Waals surface area contributed by atoms with Crippen LogP contribution in [-0.4, -0.2) is 153 Å². The molecule has 0 aromatic heterocycles. The molecule has 2 saturated heterocycles. The van der Waals surface area contributed by atoms with Crippen LogP contribution in [0.5, 0.6) is 5.75 Å². The Hall–Kier alpha value is -7.63. The molecule has 2 aliphatic rings. The standard InChI is InChI=1S/C55H79N9O15/c1-10-16-37-48(70)59-38-25-26-43(68)64(53(38)75)40(28-34-19-14-13-15-20-34)50(72)60-39(27-35-21-23-36(65)24-22-35)49(71)61-44(29(4)5)55(77)79-33(9)45(51(73)58-37)63-52(74)46(62-47(69)30(6)56-41(66)17-11-2)32(8)78-54(76)31(7)57-42(67)18-12-3/h13-15,19-24,29-33,37-40,43-46,65,68H,10-12,16-18,25-28H2,1-9H3,(H,56,66)(H,57,67)(H,58,73)(H,59,70)(H,60,72)(H,61,71)(H,62,69)(H,63,74). The van der Waals surface area contributed by atoms with Gasteiger partial charge in [-0.1, -0.05) is 83.5 Å². The molecule has 0 spiro atoms. The highest BCUT2D eigenvalue weighted by Crippen LogP contribution is 2.24. The number of hydrogen-bond acceptors (Lipinski definition) is 15. The van der Waals surface area contributed by atoms with Crippen LogP contribution in [0.4, 0.5) is 0 Å². The number of cyclic esters (lactones) is 1. The zero-order valence-electron chi connectivity index (χ0n) is 46.4. The summed E-state index contributed by atoms with van der Waals surface area (Å²) in [4.78, 5) is 155. The van der Waals surface area contributed by atoms with Crippen LogP contribution in [0.1, 0.15) is 125 Å². The van der Waals surface area contributed by atoms with E-state index in [-0.39, 0.29) is 57.1 Å². The summed E-state index contributed by atoms with van der Waals surface area (Å²) in [5.41, 5.74) is 1.03. The second kappa shape index (κ2) is 30.5. The normalized spacial score (nSPS) is 24.0. The van der Waals surface area contributed by atoms with Crippen LogP contribution < -0.4 is 42.5 Å². The number of ether oxygens (including phenoxy) is 2. The van der Waals surface area contributed by atoms with Crippen molar-refractivity contribution in [1.82, 2.24) is 47.4 Å². The van der Waals surface area contributed by atoms with Crippen molar-refractivity contribution in [3.8, 4) is 5.75 Å². The monoisotopic (exact) mass is 1110 g/mol. The number of fused-ring (bicyclic) bond motifs is 2. The average molecular weight is 1110 g/mol. The van der Waals surface area contributed by atoms with Gasteiger partial charge in [0.1, 0.15) is 78.6 Å². The van der Waals surface area contributed by atoms with Gasteiger partial charge in [-0.15, -0.1) is 0 Å². The summed E-state index contributed by atoms with van der Waals surface area (Å²) in [6, 6.07) is 0.914. The number of nitrogens with one attached hydrogen (secondary N) is 8. The maximum atomic E-state index is 14.7. The molecule has 12 atom stereocenters. The lowest BCUT2D eigenvalue weighted by Crippen LogP contribution is -2.65. The van der Waals surface area contributed by atoms with Crippen molar-refractivity contribution in [3.05, 3.63) is 65.7 Å². The maximum Gasteiger partial charge on any atom is 0.329 e. The fraction of sp³-hybridized carbons (Fsp3) is 0.582. The van der Waals surface area contributed by atoms with Gasteiger partial charge in [-0.05, 0) is 89.0 Å². The molecule has 434 valence electrons. The van der Waals surface area contributed by atoms with Gasteiger partial charge >= 0.3 is 11.9 Å². The molecule has 2 heterocycles. The molecule has 24 heteroatoms. The molecule has 0 saturated carbocycles. The summed E-state index contributed by atoms with van der Waals surface area (Å²) in [5.74, 6) is -10.5. The number of aliphatic hydroxyl groups is 1. The number of esters is 2. The predicted octanol–water partition coefficient (Wildman–Crippen LogP) is 0.338. The van der Waals surface area contributed by atoms with Crippen LogP contribution >= 0.6 is 0 Å². The van der Waals surface area contributed by atoms with Crippen molar-refractivity contribution in [2.75, 3.05) is 0 Å².